The van der Waals surface area contributed by atoms with Crippen LogP contribution < -0.4 is 5.73 Å². The summed E-state index contributed by atoms with van der Waals surface area (Å²) in [5.41, 5.74) is 21.0. The average molecular weight is 678 g/mol. The first-order chi connectivity index (χ1) is 25.3. The molecule has 258 valence electrons. The Balaban J connectivity index is 1.14. The minimum Gasteiger partial charge on any atom is -0.383 e. The van der Waals surface area contributed by atoms with E-state index in [-0.39, 0.29) is 16.9 Å². The van der Waals surface area contributed by atoms with E-state index in [2.05, 4.69) is 148 Å². The van der Waals surface area contributed by atoms with Gasteiger partial charge in [-0.3, -0.25) is 4.99 Å². The zero-order valence-corrected chi connectivity index (χ0v) is 30.5. The van der Waals surface area contributed by atoms with Crippen LogP contribution >= 0.6 is 0 Å². The fourth-order valence-electron chi connectivity index (χ4n) is 9.91. The fraction of sp³-hybridized carbons (Fsp3) is 0.265. The van der Waals surface area contributed by atoms with Gasteiger partial charge in [-0.1, -0.05) is 167 Å². The van der Waals surface area contributed by atoms with Gasteiger partial charge in [0.25, 0.3) is 0 Å². The lowest BCUT2D eigenvalue weighted by Crippen LogP contribution is -2.35. The lowest BCUT2D eigenvalue weighted by Gasteiger charge is -2.41. The first-order valence-corrected chi connectivity index (χ1v) is 19.2. The number of aliphatic imine (C=N–C) groups is 2. The van der Waals surface area contributed by atoms with E-state index in [0.717, 1.165) is 22.3 Å². The molecule has 5 aromatic carbocycles. The van der Waals surface area contributed by atoms with Crippen LogP contribution in [0.15, 0.2) is 155 Å². The molecule has 3 atom stereocenters. The zero-order chi connectivity index (χ0) is 35.5. The molecular weight excluding hydrogens is 631 g/mol. The third-order valence-electron chi connectivity index (χ3n) is 12.6. The molecule has 1 spiro atoms. The Labute approximate surface area is 308 Å². The highest BCUT2D eigenvalue weighted by Crippen LogP contribution is 2.63. The molecule has 0 bridgehead atoms. The second-order valence-electron chi connectivity index (χ2n) is 15.9. The van der Waals surface area contributed by atoms with Crippen molar-refractivity contribution >= 4 is 17.2 Å². The molecule has 3 unspecified atom stereocenters. The van der Waals surface area contributed by atoms with Gasteiger partial charge in [0, 0.05) is 27.9 Å². The Hall–Kier alpha value is -5.28. The van der Waals surface area contributed by atoms with E-state index < -0.39 is 0 Å². The highest BCUT2D eigenvalue weighted by atomic mass is 15.0. The summed E-state index contributed by atoms with van der Waals surface area (Å²) in [6, 6.07) is 45.4. The summed E-state index contributed by atoms with van der Waals surface area (Å²) >= 11 is 0. The number of nitrogens with zero attached hydrogens (tertiary/aromatic N) is 2. The Bertz CT molecular complexity index is 2260. The number of amidine groups is 2. The molecule has 0 amide bonds. The summed E-state index contributed by atoms with van der Waals surface area (Å²) in [5, 5.41) is 0. The van der Waals surface area contributed by atoms with Crippen molar-refractivity contribution in [2.45, 2.75) is 75.7 Å². The Morgan fingerprint density at radius 2 is 1.35 bits per heavy atom. The smallest absolute Gasteiger partial charge is 0.157 e. The molecule has 3 heteroatoms. The predicted octanol–water partition coefficient (Wildman–Crippen LogP) is 11.5. The van der Waals surface area contributed by atoms with Gasteiger partial charge in [0.05, 0.1) is 6.04 Å². The molecule has 9 rings (SSSR count). The molecule has 3 nitrogen and oxygen atoms in total. The SMILES string of the molecule is CC(N=C(N=C(N)c1ccc(-c2ccccc2)cc1)c1ccc2c(c1)C1=CC3C(C=C1C2(C)C)c1ccccc1C31CCCCC1)c1ccccc1. The van der Waals surface area contributed by atoms with Crippen molar-refractivity contribution in [3.63, 3.8) is 0 Å². The van der Waals surface area contributed by atoms with Gasteiger partial charge in [-0.05, 0) is 81.8 Å². The van der Waals surface area contributed by atoms with Crippen molar-refractivity contribution in [2.24, 2.45) is 21.6 Å². The van der Waals surface area contributed by atoms with E-state index in [4.69, 9.17) is 15.7 Å². The zero-order valence-electron chi connectivity index (χ0n) is 30.5. The first kappa shape index (κ1) is 32.6. The van der Waals surface area contributed by atoms with Gasteiger partial charge >= 0.3 is 0 Å². The summed E-state index contributed by atoms with van der Waals surface area (Å²) in [6.45, 7) is 6.94. The Morgan fingerprint density at radius 3 is 2.10 bits per heavy atom. The third-order valence-corrected chi connectivity index (χ3v) is 12.6. The van der Waals surface area contributed by atoms with E-state index >= 15 is 0 Å². The molecular formula is C49H47N3. The number of allylic oxidation sites excluding steroid dienone is 4. The number of rotatable bonds is 5. The number of nitrogens with two attached hydrogens (primary N) is 1. The number of fused-ring (bicyclic) bond motifs is 8. The van der Waals surface area contributed by atoms with Crippen LogP contribution in [-0.2, 0) is 10.8 Å². The van der Waals surface area contributed by atoms with Gasteiger partial charge in [-0.15, -0.1) is 0 Å². The topological polar surface area (TPSA) is 50.7 Å². The first-order valence-electron chi connectivity index (χ1n) is 19.2. The maximum absolute atomic E-state index is 6.83. The summed E-state index contributed by atoms with van der Waals surface area (Å²) in [7, 11) is 0. The van der Waals surface area contributed by atoms with E-state index in [1.54, 1.807) is 11.1 Å². The quantitative estimate of drug-likeness (QED) is 0.146. The predicted molar refractivity (Wildman–Crippen MR) is 217 cm³/mol. The van der Waals surface area contributed by atoms with Crippen LogP contribution in [0.25, 0.3) is 16.7 Å². The molecule has 0 saturated heterocycles. The maximum Gasteiger partial charge on any atom is 0.157 e. The molecule has 52 heavy (non-hydrogen) atoms. The lowest BCUT2D eigenvalue weighted by atomic mass is 9.62. The van der Waals surface area contributed by atoms with Crippen molar-refractivity contribution in [3.8, 4) is 11.1 Å². The molecule has 0 radical (unpaired) electrons. The van der Waals surface area contributed by atoms with Gasteiger partial charge < -0.3 is 5.73 Å². The van der Waals surface area contributed by atoms with Gasteiger partial charge in [-0.2, -0.15) is 0 Å². The highest BCUT2D eigenvalue weighted by Gasteiger charge is 2.53. The standard InChI is InChI=1S/C49H47N3/c1-32(33-15-7-4-8-16-33)51-47(52-46(50)36-23-21-35(22-24-36)34-17-9-5-10-18-34)37-25-26-42-39(29-37)41-31-45-40(30-44(41)48(42,2)3)38-19-11-12-20-43(38)49(45)27-13-6-14-28-49/h4-5,7-12,15-26,29-32,40,45H,6,13-14,27-28H2,1-3H3,(H2,50,51,52). The van der Waals surface area contributed by atoms with Crippen LogP contribution in [0.2, 0.25) is 0 Å². The lowest BCUT2D eigenvalue weighted by molar-refractivity contribution is 0.233. The third kappa shape index (κ3) is 5.32. The Morgan fingerprint density at radius 1 is 0.692 bits per heavy atom. The van der Waals surface area contributed by atoms with Crippen LogP contribution in [0.4, 0.5) is 0 Å². The van der Waals surface area contributed by atoms with Crippen LogP contribution in [0, 0.1) is 5.92 Å². The van der Waals surface area contributed by atoms with Crippen LogP contribution in [-0.4, -0.2) is 11.7 Å². The molecule has 0 aliphatic heterocycles. The van der Waals surface area contributed by atoms with Gasteiger partial charge in [0.15, 0.2) is 5.84 Å². The second kappa shape index (κ2) is 12.7. The maximum atomic E-state index is 6.83. The van der Waals surface area contributed by atoms with E-state index in [1.807, 2.05) is 12.1 Å². The monoisotopic (exact) mass is 677 g/mol. The highest BCUT2D eigenvalue weighted by molar-refractivity contribution is 6.11. The molecule has 4 aliphatic rings. The second-order valence-corrected chi connectivity index (χ2v) is 15.9. The molecule has 0 heterocycles. The van der Waals surface area contributed by atoms with E-state index in [0.29, 0.717) is 23.5 Å². The fourth-order valence-corrected chi connectivity index (χ4v) is 9.91. The van der Waals surface area contributed by atoms with Gasteiger partial charge in [0.1, 0.15) is 5.84 Å². The van der Waals surface area contributed by atoms with Crippen molar-refractivity contribution in [3.05, 3.63) is 184 Å². The van der Waals surface area contributed by atoms with Crippen LogP contribution in [0.5, 0.6) is 0 Å². The Kier molecular flexibility index (Phi) is 7.99. The van der Waals surface area contributed by atoms with E-state index in [1.165, 1.54) is 59.9 Å². The van der Waals surface area contributed by atoms with Crippen molar-refractivity contribution in [1.82, 2.24) is 0 Å². The summed E-state index contributed by atoms with van der Waals surface area (Å²) in [5.74, 6) is 2.03. The molecule has 5 aromatic rings. The molecule has 0 aromatic heterocycles. The number of hydrogen-bond donors (Lipinski definition) is 1. The minimum absolute atomic E-state index is 0.0915. The van der Waals surface area contributed by atoms with Crippen LogP contribution in [0.1, 0.15) is 104 Å². The molecule has 1 saturated carbocycles. The van der Waals surface area contributed by atoms with Crippen molar-refractivity contribution < 1.29 is 0 Å². The minimum atomic E-state index is -0.0979. The van der Waals surface area contributed by atoms with Gasteiger partial charge in [0.2, 0.25) is 0 Å². The number of hydrogen-bond acceptors (Lipinski definition) is 1. The molecule has 2 N–H and O–H groups in total. The van der Waals surface area contributed by atoms with Crippen LogP contribution in [0.3, 0.4) is 0 Å². The molecule has 1 fully saturated rings. The normalized spacial score (nSPS) is 21.8. The van der Waals surface area contributed by atoms with E-state index in [9.17, 15) is 0 Å². The summed E-state index contributed by atoms with van der Waals surface area (Å²) < 4.78 is 0. The average Bonchev–Trinajstić information content (AvgIpc) is 3.58. The number of benzene rings is 5. The van der Waals surface area contributed by atoms with Crippen molar-refractivity contribution in [1.29, 1.82) is 0 Å². The summed E-state index contributed by atoms with van der Waals surface area (Å²) in [4.78, 5) is 10.4. The molecule has 4 aliphatic carbocycles. The largest absolute Gasteiger partial charge is 0.383 e. The van der Waals surface area contributed by atoms with Gasteiger partial charge in [-0.25, -0.2) is 4.99 Å². The summed E-state index contributed by atoms with van der Waals surface area (Å²) in [6.07, 6.45) is 11.9. The van der Waals surface area contributed by atoms with Crippen molar-refractivity contribution in [2.75, 3.05) is 0 Å².